The van der Waals surface area contributed by atoms with Crippen molar-refractivity contribution in [2.24, 2.45) is 0 Å². The van der Waals surface area contributed by atoms with Crippen LogP contribution < -0.4 is 5.32 Å². The monoisotopic (exact) mass is 300 g/mol. The Balaban J connectivity index is 2.16. The van der Waals surface area contributed by atoms with Crippen LogP contribution in [0, 0.1) is 12.7 Å². The molecule has 0 aliphatic rings. The summed E-state index contributed by atoms with van der Waals surface area (Å²) in [6.07, 6.45) is 0. The van der Waals surface area contributed by atoms with Crippen molar-refractivity contribution in [1.29, 1.82) is 0 Å². The van der Waals surface area contributed by atoms with Crippen molar-refractivity contribution < 1.29 is 9.18 Å². The van der Waals surface area contributed by atoms with Crippen LogP contribution in [0.25, 0.3) is 0 Å². The smallest absolute Gasteiger partial charge is 0.231 e. The van der Waals surface area contributed by atoms with Crippen molar-refractivity contribution in [2.75, 3.05) is 5.32 Å². The minimum Gasteiger partial charge on any atom is -0.325 e. The molecule has 0 bridgehead atoms. The molecule has 22 heavy (non-hydrogen) atoms. The molecule has 2 aromatic rings. The van der Waals surface area contributed by atoms with E-state index in [0.29, 0.717) is 5.92 Å². The van der Waals surface area contributed by atoms with Gasteiger partial charge in [-0.15, -0.1) is 0 Å². The van der Waals surface area contributed by atoms with Crippen molar-refractivity contribution >= 4 is 11.6 Å². The van der Waals surface area contributed by atoms with E-state index in [9.17, 15) is 9.18 Å². The van der Waals surface area contributed by atoms with E-state index in [4.69, 9.17) is 0 Å². The molecule has 2 rings (SSSR count). The third-order valence-corrected chi connectivity index (χ3v) is 3.60. The summed E-state index contributed by atoms with van der Waals surface area (Å²) < 4.78 is 13.0. The predicted octanol–water partition coefficient (Wildman–Crippen LogP) is 4.39. The summed E-state index contributed by atoms with van der Waals surface area (Å²) in [6.45, 7) is 7.84. The number of carbonyl (C=O) groups excluding carboxylic acids is 1. The van der Waals surface area contributed by atoms with Gasteiger partial charge in [-0.2, -0.15) is 0 Å². The number of hydrogen-bond donors (Lipinski definition) is 1. The zero-order valence-corrected chi connectivity index (χ0v) is 13.4. The molecule has 0 aliphatic carbocycles. The Morgan fingerprint density at radius 2 is 1.77 bits per heavy atom. The predicted molar refractivity (Wildman–Crippen MR) is 86.5 cm³/mol. The molecule has 1 aromatic carbocycles. The maximum absolute atomic E-state index is 13.0. The van der Waals surface area contributed by atoms with Crippen LogP contribution in [0.3, 0.4) is 0 Å². The third-order valence-electron chi connectivity index (χ3n) is 3.60. The second-order valence-corrected chi connectivity index (χ2v) is 5.84. The van der Waals surface area contributed by atoms with E-state index in [1.54, 1.807) is 19.1 Å². The second-order valence-electron chi connectivity index (χ2n) is 5.84. The molecule has 1 atom stereocenters. The molecule has 0 saturated heterocycles. The number of nitrogens with zero attached hydrogens (tertiary/aromatic N) is 1. The summed E-state index contributed by atoms with van der Waals surface area (Å²) in [5.41, 5.74) is 3.35. The van der Waals surface area contributed by atoms with Crippen LogP contribution >= 0.6 is 0 Å². The van der Waals surface area contributed by atoms with Gasteiger partial charge in [-0.05, 0) is 49.6 Å². The molecule has 0 saturated carbocycles. The number of amides is 1. The van der Waals surface area contributed by atoms with Crippen LogP contribution in [0.1, 0.15) is 49.6 Å². The van der Waals surface area contributed by atoms with E-state index in [1.807, 2.05) is 19.1 Å². The van der Waals surface area contributed by atoms with E-state index in [0.717, 1.165) is 22.6 Å². The number of hydrogen-bond acceptors (Lipinski definition) is 2. The minimum absolute atomic E-state index is 0.119. The first-order valence-electron chi connectivity index (χ1n) is 7.41. The van der Waals surface area contributed by atoms with E-state index in [2.05, 4.69) is 24.1 Å². The maximum Gasteiger partial charge on any atom is 0.231 e. The zero-order chi connectivity index (χ0) is 16.3. The van der Waals surface area contributed by atoms with Gasteiger partial charge in [0.25, 0.3) is 0 Å². The van der Waals surface area contributed by atoms with Crippen molar-refractivity contribution in [1.82, 2.24) is 4.98 Å². The molecule has 1 aromatic heterocycles. The first-order chi connectivity index (χ1) is 10.4. The highest BCUT2D eigenvalue weighted by Gasteiger charge is 2.16. The SMILES string of the molecule is Cc1cc(NC(=O)C(C)c2ccc(F)cc2)cc(C(C)C)n1. The normalized spacial score (nSPS) is 12.3. The van der Waals surface area contributed by atoms with Gasteiger partial charge in [0.05, 0.1) is 5.92 Å². The van der Waals surface area contributed by atoms with Crippen LogP contribution in [-0.2, 0) is 4.79 Å². The fourth-order valence-corrected chi connectivity index (χ4v) is 2.22. The lowest BCUT2D eigenvalue weighted by Gasteiger charge is -2.14. The number of halogens is 1. The molecule has 1 heterocycles. The average Bonchev–Trinajstić information content (AvgIpc) is 2.46. The van der Waals surface area contributed by atoms with Gasteiger partial charge < -0.3 is 5.32 Å². The molecule has 1 unspecified atom stereocenters. The van der Waals surface area contributed by atoms with E-state index >= 15 is 0 Å². The Morgan fingerprint density at radius 3 is 2.36 bits per heavy atom. The van der Waals surface area contributed by atoms with Gasteiger partial charge in [-0.25, -0.2) is 4.39 Å². The van der Waals surface area contributed by atoms with Crippen LogP contribution in [0.5, 0.6) is 0 Å². The number of rotatable bonds is 4. The highest BCUT2D eigenvalue weighted by Crippen LogP contribution is 2.21. The highest BCUT2D eigenvalue weighted by molar-refractivity contribution is 5.95. The molecular weight excluding hydrogens is 279 g/mol. The lowest BCUT2D eigenvalue weighted by molar-refractivity contribution is -0.117. The summed E-state index contributed by atoms with van der Waals surface area (Å²) >= 11 is 0. The molecule has 1 N–H and O–H groups in total. The molecule has 1 amide bonds. The quantitative estimate of drug-likeness (QED) is 0.909. The molecule has 0 aliphatic heterocycles. The molecule has 3 nitrogen and oxygen atoms in total. The minimum atomic E-state index is -0.350. The molecule has 4 heteroatoms. The topological polar surface area (TPSA) is 42.0 Å². The number of carbonyl (C=O) groups is 1. The van der Waals surface area contributed by atoms with Gasteiger partial charge in [0.15, 0.2) is 0 Å². The van der Waals surface area contributed by atoms with Crippen molar-refractivity contribution in [2.45, 2.75) is 39.5 Å². The number of aromatic nitrogens is 1. The Hall–Kier alpha value is -2.23. The van der Waals surface area contributed by atoms with Gasteiger partial charge in [0.1, 0.15) is 5.82 Å². The van der Waals surface area contributed by atoms with Crippen LogP contribution in [0.4, 0.5) is 10.1 Å². The zero-order valence-electron chi connectivity index (χ0n) is 13.4. The lowest BCUT2D eigenvalue weighted by Crippen LogP contribution is -2.19. The Morgan fingerprint density at radius 1 is 1.14 bits per heavy atom. The van der Waals surface area contributed by atoms with Crippen LogP contribution in [0.15, 0.2) is 36.4 Å². The van der Waals surface area contributed by atoms with E-state index in [-0.39, 0.29) is 17.6 Å². The van der Waals surface area contributed by atoms with Crippen LogP contribution in [-0.4, -0.2) is 10.9 Å². The second kappa shape index (κ2) is 6.69. The fourth-order valence-electron chi connectivity index (χ4n) is 2.22. The maximum atomic E-state index is 13.0. The summed E-state index contributed by atoms with van der Waals surface area (Å²) in [5.74, 6) is -0.476. The van der Waals surface area contributed by atoms with Gasteiger partial charge >= 0.3 is 0 Å². The molecule has 0 fully saturated rings. The Kier molecular flexibility index (Phi) is 4.91. The summed E-state index contributed by atoms with van der Waals surface area (Å²) in [4.78, 5) is 16.8. The highest BCUT2D eigenvalue weighted by atomic mass is 19.1. The number of pyridine rings is 1. The molecular formula is C18H21FN2O. The van der Waals surface area contributed by atoms with Crippen molar-refractivity contribution in [3.05, 3.63) is 59.2 Å². The lowest BCUT2D eigenvalue weighted by atomic mass is 10.00. The number of nitrogens with one attached hydrogen (secondary N) is 1. The molecule has 116 valence electrons. The number of benzene rings is 1. The molecule has 0 spiro atoms. The Labute approximate surface area is 130 Å². The van der Waals surface area contributed by atoms with Gasteiger partial charge in [-0.3, -0.25) is 9.78 Å². The Bertz CT molecular complexity index is 665. The average molecular weight is 300 g/mol. The fraction of sp³-hybridized carbons (Fsp3) is 0.333. The summed E-state index contributed by atoms with van der Waals surface area (Å²) in [6, 6.07) is 9.75. The standard InChI is InChI=1S/C18H21FN2O/c1-11(2)17-10-16(9-12(3)20-17)21-18(22)13(4)14-5-7-15(19)8-6-14/h5-11,13H,1-4H3,(H,20,21,22). The third kappa shape index (κ3) is 3.91. The summed E-state index contributed by atoms with van der Waals surface area (Å²) in [7, 11) is 0. The largest absolute Gasteiger partial charge is 0.325 e. The first-order valence-corrected chi connectivity index (χ1v) is 7.41. The van der Waals surface area contributed by atoms with E-state index in [1.165, 1.54) is 12.1 Å². The number of aryl methyl sites for hydroxylation is 1. The first kappa shape index (κ1) is 16.1. The van der Waals surface area contributed by atoms with Crippen molar-refractivity contribution in [3.8, 4) is 0 Å². The van der Waals surface area contributed by atoms with Crippen molar-refractivity contribution in [3.63, 3.8) is 0 Å². The van der Waals surface area contributed by atoms with E-state index < -0.39 is 0 Å². The van der Waals surface area contributed by atoms with Gasteiger partial charge in [0.2, 0.25) is 5.91 Å². The molecule has 0 radical (unpaired) electrons. The number of anilines is 1. The van der Waals surface area contributed by atoms with Gasteiger partial charge in [0, 0.05) is 17.1 Å². The van der Waals surface area contributed by atoms with Crippen LogP contribution in [0.2, 0.25) is 0 Å². The summed E-state index contributed by atoms with van der Waals surface area (Å²) in [5, 5.41) is 2.92. The van der Waals surface area contributed by atoms with Gasteiger partial charge in [-0.1, -0.05) is 26.0 Å².